The van der Waals surface area contributed by atoms with E-state index in [-0.39, 0.29) is 44.3 Å². The number of rotatable bonds is 12. The highest BCUT2D eigenvalue weighted by molar-refractivity contribution is 5.89. The summed E-state index contributed by atoms with van der Waals surface area (Å²) in [5.41, 5.74) is 0. The van der Waals surface area contributed by atoms with E-state index in [9.17, 15) is 19.2 Å². The van der Waals surface area contributed by atoms with Crippen molar-refractivity contribution in [2.75, 3.05) is 19.9 Å². The van der Waals surface area contributed by atoms with Gasteiger partial charge in [0.05, 0.1) is 19.9 Å². The number of amides is 2. The molecule has 0 aliphatic rings. The van der Waals surface area contributed by atoms with Gasteiger partial charge in [-0.05, 0) is 25.0 Å². The minimum atomic E-state index is -0.715. The highest BCUT2D eigenvalue weighted by atomic mass is 16.6. The molecule has 0 spiro atoms. The van der Waals surface area contributed by atoms with Crippen LogP contribution in [0.4, 0.5) is 9.59 Å². The molecule has 0 saturated carbocycles. The third-order valence-corrected chi connectivity index (χ3v) is 2.52. The van der Waals surface area contributed by atoms with Crippen LogP contribution in [-0.4, -0.2) is 43.6 Å². The summed E-state index contributed by atoms with van der Waals surface area (Å²) in [5, 5.41) is 4.58. The van der Waals surface area contributed by atoms with E-state index in [0.717, 1.165) is 0 Å². The van der Waals surface area contributed by atoms with Gasteiger partial charge in [-0.2, -0.15) is 0 Å². The summed E-state index contributed by atoms with van der Waals surface area (Å²) in [6.07, 6.45) is 2.31. The molecule has 8 nitrogen and oxygen atoms in total. The molecule has 0 saturated heterocycles. The Bertz CT molecular complexity index is 407. The van der Waals surface area contributed by atoms with Crippen LogP contribution in [0.2, 0.25) is 0 Å². The van der Waals surface area contributed by atoms with Gasteiger partial charge in [0.2, 0.25) is 0 Å². The summed E-state index contributed by atoms with van der Waals surface area (Å²) in [7, 11) is 0. The Morgan fingerprint density at radius 2 is 1.17 bits per heavy atom. The third-order valence-electron chi connectivity index (χ3n) is 2.52. The van der Waals surface area contributed by atoms with Crippen molar-refractivity contribution in [3.05, 3.63) is 25.3 Å². The third kappa shape index (κ3) is 12.8. The first-order valence-corrected chi connectivity index (χ1v) is 7.11. The average Bonchev–Trinajstić information content (AvgIpc) is 2.54. The Morgan fingerprint density at radius 1 is 0.783 bits per heavy atom. The van der Waals surface area contributed by atoms with Crippen LogP contribution in [-0.2, 0) is 19.1 Å². The fourth-order valence-electron chi connectivity index (χ4n) is 1.32. The molecule has 0 radical (unpaired) electrons. The molecule has 0 fully saturated rings. The zero-order chi connectivity index (χ0) is 17.5. The normalized spacial score (nSPS) is 9.39. The molecule has 0 atom stereocenters. The molecule has 0 aliphatic heterocycles. The fraction of sp³-hybridized carbons (Fsp3) is 0.467. The number of allylic oxidation sites excluding steroid dienone is 2. The molecular weight excluding hydrogens is 304 g/mol. The first-order chi connectivity index (χ1) is 11.0. The van der Waals surface area contributed by atoms with Crippen molar-refractivity contribution in [3.63, 3.8) is 0 Å². The molecule has 23 heavy (non-hydrogen) atoms. The van der Waals surface area contributed by atoms with Crippen molar-refractivity contribution in [2.24, 2.45) is 0 Å². The number of hydrogen-bond donors (Lipinski definition) is 2. The number of ether oxygens (including phenoxy) is 2. The topological polar surface area (TPSA) is 111 Å². The smallest absolute Gasteiger partial charge is 0.408 e. The maximum Gasteiger partial charge on any atom is 0.408 e. The van der Waals surface area contributed by atoms with Gasteiger partial charge in [0, 0.05) is 12.8 Å². The Hall–Kier alpha value is -2.64. The summed E-state index contributed by atoms with van der Waals surface area (Å²) < 4.78 is 9.56. The van der Waals surface area contributed by atoms with Gasteiger partial charge in [0.1, 0.15) is 0 Å². The lowest BCUT2D eigenvalue weighted by molar-refractivity contribution is -0.115. The van der Waals surface area contributed by atoms with Gasteiger partial charge in [0.25, 0.3) is 0 Å². The maximum atomic E-state index is 11.2. The summed E-state index contributed by atoms with van der Waals surface area (Å²) in [6, 6.07) is 0. The number of hydrogen-bond acceptors (Lipinski definition) is 6. The number of carbonyl (C=O) groups excluding carboxylic acids is 4. The molecule has 0 aliphatic carbocycles. The van der Waals surface area contributed by atoms with Crippen LogP contribution in [0.15, 0.2) is 25.3 Å². The van der Waals surface area contributed by atoms with Gasteiger partial charge < -0.3 is 20.1 Å². The van der Waals surface area contributed by atoms with E-state index in [2.05, 4.69) is 23.8 Å². The number of carbonyl (C=O) groups is 4. The SMILES string of the molecule is C=CC(=O)CCCOC(=O)NCNC(=O)OCCCC(=O)C=C. The van der Waals surface area contributed by atoms with Crippen LogP contribution < -0.4 is 10.6 Å². The molecule has 2 N–H and O–H groups in total. The van der Waals surface area contributed by atoms with Crippen molar-refractivity contribution in [2.45, 2.75) is 25.7 Å². The van der Waals surface area contributed by atoms with Crippen molar-refractivity contribution in [3.8, 4) is 0 Å². The van der Waals surface area contributed by atoms with Crippen LogP contribution in [0.5, 0.6) is 0 Å². The fourth-order valence-corrected chi connectivity index (χ4v) is 1.32. The molecule has 0 rings (SSSR count). The first kappa shape index (κ1) is 20.4. The van der Waals surface area contributed by atoms with Crippen LogP contribution in [0.25, 0.3) is 0 Å². The molecule has 2 amide bonds. The Morgan fingerprint density at radius 3 is 1.52 bits per heavy atom. The molecule has 0 aromatic rings. The highest BCUT2D eigenvalue weighted by Gasteiger charge is 2.05. The maximum absolute atomic E-state index is 11.2. The molecular formula is C15H22N2O6. The molecule has 0 aromatic heterocycles. The molecule has 8 heteroatoms. The first-order valence-electron chi connectivity index (χ1n) is 7.11. The number of nitrogens with one attached hydrogen (secondary N) is 2. The zero-order valence-corrected chi connectivity index (χ0v) is 13.0. The van der Waals surface area contributed by atoms with Gasteiger partial charge in [0.15, 0.2) is 11.6 Å². The van der Waals surface area contributed by atoms with Crippen molar-refractivity contribution in [1.29, 1.82) is 0 Å². The minimum Gasteiger partial charge on any atom is -0.450 e. The van der Waals surface area contributed by atoms with E-state index in [1.54, 1.807) is 0 Å². The van der Waals surface area contributed by atoms with Crippen molar-refractivity contribution >= 4 is 23.8 Å². The second kappa shape index (κ2) is 13.1. The molecule has 0 heterocycles. The van der Waals surface area contributed by atoms with Crippen LogP contribution in [0, 0.1) is 0 Å². The summed E-state index contributed by atoms with van der Waals surface area (Å²) >= 11 is 0. The van der Waals surface area contributed by atoms with E-state index < -0.39 is 12.2 Å². The predicted molar refractivity (Wildman–Crippen MR) is 82.7 cm³/mol. The minimum absolute atomic E-state index is 0.0905. The predicted octanol–water partition coefficient (Wildman–Crippen LogP) is 1.47. The van der Waals surface area contributed by atoms with E-state index in [4.69, 9.17) is 9.47 Å². The summed E-state index contributed by atoms with van der Waals surface area (Å²) in [6.45, 7) is 6.68. The average molecular weight is 326 g/mol. The zero-order valence-electron chi connectivity index (χ0n) is 13.0. The number of ketones is 2. The van der Waals surface area contributed by atoms with E-state index in [1.807, 2.05) is 0 Å². The number of alkyl carbamates (subject to hydrolysis) is 2. The van der Waals surface area contributed by atoms with Gasteiger partial charge in [-0.15, -0.1) is 0 Å². The Labute approximate surface area is 134 Å². The van der Waals surface area contributed by atoms with Gasteiger partial charge >= 0.3 is 12.2 Å². The van der Waals surface area contributed by atoms with E-state index >= 15 is 0 Å². The quantitative estimate of drug-likeness (QED) is 0.319. The second-order valence-corrected chi connectivity index (χ2v) is 4.35. The van der Waals surface area contributed by atoms with Gasteiger partial charge in [-0.3, -0.25) is 9.59 Å². The highest BCUT2D eigenvalue weighted by Crippen LogP contribution is 1.94. The van der Waals surface area contributed by atoms with Crippen molar-refractivity contribution < 1.29 is 28.7 Å². The van der Waals surface area contributed by atoms with E-state index in [1.165, 1.54) is 12.2 Å². The summed E-state index contributed by atoms with van der Waals surface area (Å²) in [5.74, 6) is -0.235. The lowest BCUT2D eigenvalue weighted by Gasteiger charge is -2.08. The lowest BCUT2D eigenvalue weighted by Crippen LogP contribution is -2.38. The second-order valence-electron chi connectivity index (χ2n) is 4.35. The van der Waals surface area contributed by atoms with E-state index in [0.29, 0.717) is 12.8 Å². The van der Waals surface area contributed by atoms with Crippen LogP contribution in [0.3, 0.4) is 0 Å². The van der Waals surface area contributed by atoms with Gasteiger partial charge in [-0.25, -0.2) is 9.59 Å². The Balaban J connectivity index is 3.53. The molecule has 0 aromatic carbocycles. The van der Waals surface area contributed by atoms with Crippen LogP contribution in [0.1, 0.15) is 25.7 Å². The molecule has 128 valence electrons. The molecule has 0 bridgehead atoms. The Kier molecular flexibility index (Phi) is 11.6. The monoisotopic (exact) mass is 326 g/mol. The lowest BCUT2D eigenvalue weighted by atomic mass is 10.2. The van der Waals surface area contributed by atoms with Gasteiger partial charge in [-0.1, -0.05) is 13.2 Å². The molecule has 0 unspecified atom stereocenters. The van der Waals surface area contributed by atoms with Crippen LogP contribution >= 0.6 is 0 Å². The largest absolute Gasteiger partial charge is 0.450 e. The summed E-state index contributed by atoms with van der Waals surface area (Å²) in [4.78, 5) is 44.3. The van der Waals surface area contributed by atoms with Crippen molar-refractivity contribution in [1.82, 2.24) is 10.6 Å². The standard InChI is InChI=1S/C15H22N2O6/c1-3-12(18)7-5-9-22-14(20)16-11-17-15(21)23-10-6-8-13(19)4-2/h3-4H,1-2,5-11H2,(H,16,20)(H,17,21).